The van der Waals surface area contributed by atoms with Gasteiger partial charge in [-0.2, -0.15) is 0 Å². The molecule has 1 heterocycles. The van der Waals surface area contributed by atoms with Crippen molar-refractivity contribution in [3.63, 3.8) is 0 Å². The third-order valence-electron chi connectivity index (χ3n) is 2.60. The summed E-state index contributed by atoms with van der Waals surface area (Å²) in [4.78, 5) is 11.8. The molecule has 108 valence electrons. The number of carbonyl (C=O) groups is 1. The lowest BCUT2D eigenvalue weighted by atomic mass is 10.1. The fourth-order valence-electron chi connectivity index (χ4n) is 1.65. The Morgan fingerprint density at radius 3 is 2.42 bits per heavy atom. The van der Waals surface area contributed by atoms with Gasteiger partial charge in [-0.3, -0.25) is 4.79 Å². The van der Waals surface area contributed by atoms with Crippen molar-refractivity contribution in [2.45, 2.75) is 32.1 Å². The van der Waals surface area contributed by atoms with Crippen LogP contribution in [-0.4, -0.2) is 27.0 Å². The van der Waals surface area contributed by atoms with Gasteiger partial charge in [0, 0.05) is 19.7 Å². The molecule has 5 nitrogen and oxygen atoms in total. The smallest absolute Gasteiger partial charge is 0.180 e. The summed E-state index contributed by atoms with van der Waals surface area (Å²) in [7, 11) is -3.46. The normalized spacial score (nSPS) is 11.8. The van der Waals surface area contributed by atoms with Gasteiger partial charge in [-0.15, -0.1) is 11.3 Å². The Kier molecular flexibility index (Phi) is 4.98. The van der Waals surface area contributed by atoms with Crippen LogP contribution in [0.25, 0.3) is 0 Å². The summed E-state index contributed by atoms with van der Waals surface area (Å²) in [5.41, 5.74) is 5.86. The zero-order valence-corrected chi connectivity index (χ0v) is 13.2. The van der Waals surface area contributed by atoms with Crippen LogP contribution in [0, 0.1) is 5.92 Å². The van der Waals surface area contributed by atoms with E-state index < -0.39 is 9.84 Å². The molecule has 19 heavy (non-hydrogen) atoms. The van der Waals surface area contributed by atoms with E-state index in [1.165, 1.54) is 6.92 Å². The molecule has 0 aromatic carbocycles. The van der Waals surface area contributed by atoms with E-state index in [0.717, 1.165) is 24.0 Å². The van der Waals surface area contributed by atoms with Crippen LogP contribution >= 0.6 is 11.3 Å². The topological polar surface area (TPSA) is 89.3 Å². The number of nitrogen functional groups attached to an aromatic ring is 1. The molecule has 1 aromatic rings. The standard InChI is InChI=1S/C12H20N2O3S2/c1-7(2)5-6-14-12-11(19(4,16)17)9(13)10(18-12)8(3)15/h7,14H,5-6,13H2,1-4H3. The van der Waals surface area contributed by atoms with Crippen LogP contribution in [0.3, 0.4) is 0 Å². The SMILES string of the molecule is CC(=O)c1sc(NCCC(C)C)c(S(C)(=O)=O)c1N. The molecule has 1 aromatic heterocycles. The monoisotopic (exact) mass is 304 g/mol. The maximum absolute atomic E-state index is 11.8. The van der Waals surface area contributed by atoms with Gasteiger partial charge in [0.05, 0.1) is 10.6 Å². The largest absolute Gasteiger partial charge is 0.396 e. The molecule has 0 fully saturated rings. The summed E-state index contributed by atoms with van der Waals surface area (Å²) in [6.45, 7) is 6.20. The predicted molar refractivity (Wildman–Crippen MR) is 79.8 cm³/mol. The Morgan fingerprint density at radius 2 is 2.00 bits per heavy atom. The summed E-state index contributed by atoms with van der Waals surface area (Å²) >= 11 is 1.11. The maximum atomic E-state index is 11.8. The summed E-state index contributed by atoms with van der Waals surface area (Å²) in [6, 6.07) is 0. The number of thiophene rings is 1. The second kappa shape index (κ2) is 5.92. The highest BCUT2D eigenvalue weighted by molar-refractivity contribution is 7.91. The van der Waals surface area contributed by atoms with Gasteiger partial charge in [0.1, 0.15) is 9.90 Å². The Labute approximate surface area is 118 Å². The highest BCUT2D eigenvalue weighted by atomic mass is 32.2. The molecule has 0 bridgehead atoms. The molecule has 1 rings (SSSR count). The van der Waals surface area contributed by atoms with Crippen LogP contribution < -0.4 is 11.1 Å². The molecule has 0 radical (unpaired) electrons. The quantitative estimate of drug-likeness (QED) is 0.788. The first-order valence-corrected chi connectivity index (χ1v) is 8.72. The van der Waals surface area contributed by atoms with Crippen LogP contribution in [0.2, 0.25) is 0 Å². The van der Waals surface area contributed by atoms with Gasteiger partial charge in [0.25, 0.3) is 0 Å². The lowest BCUT2D eigenvalue weighted by Crippen LogP contribution is -2.08. The van der Waals surface area contributed by atoms with E-state index in [9.17, 15) is 13.2 Å². The molecule has 0 saturated carbocycles. The van der Waals surface area contributed by atoms with Crippen molar-refractivity contribution in [2.75, 3.05) is 23.9 Å². The molecule has 0 aliphatic rings. The van der Waals surface area contributed by atoms with Gasteiger partial charge in [0.15, 0.2) is 15.6 Å². The predicted octanol–water partition coefficient (Wildman–Crippen LogP) is 2.39. The third kappa shape index (κ3) is 3.94. The summed E-state index contributed by atoms with van der Waals surface area (Å²) < 4.78 is 23.6. The van der Waals surface area contributed by atoms with Crippen LogP contribution in [0.4, 0.5) is 10.7 Å². The number of hydrogen-bond donors (Lipinski definition) is 2. The number of Topliss-reactive ketones (excluding diaryl/α,β-unsaturated/α-hetero) is 1. The van der Waals surface area contributed by atoms with Crippen LogP contribution in [0.1, 0.15) is 36.9 Å². The number of carbonyl (C=O) groups excluding carboxylic acids is 1. The molecule has 7 heteroatoms. The second-order valence-electron chi connectivity index (χ2n) is 4.94. The fourth-order valence-corrected chi connectivity index (χ4v) is 4.14. The van der Waals surface area contributed by atoms with Gasteiger partial charge in [-0.1, -0.05) is 13.8 Å². The average molecular weight is 304 g/mol. The summed E-state index contributed by atoms with van der Waals surface area (Å²) in [6.07, 6.45) is 2.01. The van der Waals surface area contributed by atoms with Crippen LogP contribution in [0.15, 0.2) is 4.90 Å². The molecular formula is C12H20N2O3S2. The Balaban J connectivity index is 3.15. The van der Waals surface area contributed by atoms with Crippen molar-refractivity contribution < 1.29 is 13.2 Å². The van der Waals surface area contributed by atoms with Crippen LogP contribution in [-0.2, 0) is 9.84 Å². The molecule has 0 atom stereocenters. The second-order valence-corrected chi connectivity index (χ2v) is 7.91. The highest BCUT2D eigenvalue weighted by Crippen LogP contribution is 2.39. The minimum Gasteiger partial charge on any atom is -0.396 e. The van der Waals surface area contributed by atoms with Gasteiger partial charge in [-0.25, -0.2) is 8.42 Å². The van der Waals surface area contributed by atoms with Gasteiger partial charge in [-0.05, 0) is 12.3 Å². The molecule has 0 saturated heterocycles. The zero-order chi connectivity index (χ0) is 14.8. The maximum Gasteiger partial charge on any atom is 0.180 e. The minimum absolute atomic E-state index is 0.0476. The number of nitrogens with two attached hydrogens (primary N) is 1. The van der Waals surface area contributed by atoms with E-state index in [1.807, 2.05) is 0 Å². The third-order valence-corrected chi connectivity index (χ3v) is 5.16. The highest BCUT2D eigenvalue weighted by Gasteiger charge is 2.25. The number of rotatable bonds is 6. The van der Waals surface area contributed by atoms with Crippen molar-refractivity contribution in [3.8, 4) is 0 Å². The molecule has 0 aliphatic carbocycles. The van der Waals surface area contributed by atoms with E-state index >= 15 is 0 Å². The van der Waals surface area contributed by atoms with E-state index in [-0.39, 0.29) is 16.4 Å². The minimum atomic E-state index is -3.46. The van der Waals surface area contributed by atoms with Crippen molar-refractivity contribution in [1.82, 2.24) is 0 Å². The number of ketones is 1. The molecule has 0 unspecified atom stereocenters. The number of anilines is 2. The Hall–Kier alpha value is -1.08. The lowest BCUT2D eigenvalue weighted by Gasteiger charge is -2.08. The number of nitrogens with one attached hydrogen (secondary N) is 1. The zero-order valence-electron chi connectivity index (χ0n) is 11.6. The lowest BCUT2D eigenvalue weighted by molar-refractivity contribution is 0.102. The Morgan fingerprint density at radius 1 is 1.42 bits per heavy atom. The fraction of sp³-hybridized carbons (Fsp3) is 0.583. The van der Waals surface area contributed by atoms with Gasteiger partial charge < -0.3 is 11.1 Å². The first-order valence-electron chi connectivity index (χ1n) is 6.01. The summed E-state index contributed by atoms with van der Waals surface area (Å²) in [5, 5.41) is 3.54. The molecule has 3 N–H and O–H groups in total. The van der Waals surface area contributed by atoms with E-state index in [0.29, 0.717) is 22.3 Å². The first-order chi connectivity index (χ1) is 8.64. The van der Waals surface area contributed by atoms with Crippen molar-refractivity contribution in [2.24, 2.45) is 5.92 Å². The van der Waals surface area contributed by atoms with Gasteiger partial charge >= 0.3 is 0 Å². The van der Waals surface area contributed by atoms with Crippen molar-refractivity contribution >= 4 is 37.6 Å². The molecule has 0 amide bonds. The molecule has 0 spiro atoms. The molecule has 0 aliphatic heterocycles. The van der Waals surface area contributed by atoms with E-state index in [2.05, 4.69) is 19.2 Å². The average Bonchev–Trinajstić information content (AvgIpc) is 2.54. The Bertz CT molecular complexity index is 574. The first kappa shape index (κ1) is 16.0. The van der Waals surface area contributed by atoms with E-state index in [4.69, 9.17) is 5.73 Å². The van der Waals surface area contributed by atoms with Crippen molar-refractivity contribution in [3.05, 3.63) is 4.88 Å². The van der Waals surface area contributed by atoms with Crippen molar-refractivity contribution in [1.29, 1.82) is 0 Å². The number of sulfone groups is 1. The van der Waals surface area contributed by atoms with Gasteiger partial charge in [0.2, 0.25) is 0 Å². The molecular weight excluding hydrogens is 284 g/mol. The van der Waals surface area contributed by atoms with Crippen LogP contribution in [0.5, 0.6) is 0 Å². The summed E-state index contributed by atoms with van der Waals surface area (Å²) in [5.74, 6) is 0.295. The van der Waals surface area contributed by atoms with E-state index in [1.54, 1.807) is 0 Å². The number of hydrogen-bond acceptors (Lipinski definition) is 6.